The Morgan fingerprint density at radius 1 is 1.10 bits per heavy atom. The summed E-state index contributed by atoms with van der Waals surface area (Å²) in [5.74, 6) is -3.65. The fourth-order valence-electron chi connectivity index (χ4n) is 7.16. The third-order valence-electron chi connectivity index (χ3n) is 10.8. The molecule has 69 heavy (non-hydrogen) atoms. The zero-order valence-corrected chi connectivity index (χ0v) is 39.9. The summed E-state index contributed by atoms with van der Waals surface area (Å²) in [7, 11) is 0. The van der Waals surface area contributed by atoms with Crippen LogP contribution in [0, 0.1) is 34.8 Å². The van der Waals surface area contributed by atoms with Crippen LogP contribution in [0.1, 0.15) is 64.0 Å². The third kappa shape index (κ3) is 13.0. The van der Waals surface area contributed by atoms with Crippen LogP contribution in [0.5, 0.6) is 0 Å². The molecule has 4 aromatic rings. The fraction of sp³-hybridized carbons (Fsp3) is 0.432. The lowest BCUT2D eigenvalue weighted by Gasteiger charge is -2.24. The number of allylic oxidation sites excluding steroid dienone is 2. The van der Waals surface area contributed by atoms with E-state index < -0.39 is 131 Å². The molecule has 5 rings (SSSR count). The van der Waals surface area contributed by atoms with E-state index in [-0.39, 0.29) is 44.0 Å². The Morgan fingerprint density at radius 2 is 1.72 bits per heavy atom. The van der Waals surface area contributed by atoms with Gasteiger partial charge in [-0.3, -0.25) is 14.9 Å². The smallest absolute Gasteiger partial charge is 0.433 e. The number of amides is 2. The number of carbonyl (C=O) groups is 2. The molecule has 2 aromatic heterocycles. The monoisotopic (exact) mass is 1040 g/mol. The van der Waals surface area contributed by atoms with Crippen molar-refractivity contribution in [2.75, 3.05) is 23.4 Å². The number of alkyl halides is 8. The molecule has 4 N–H and O–H groups in total. The Balaban J connectivity index is 1.79. The van der Waals surface area contributed by atoms with Crippen LogP contribution in [0.3, 0.4) is 0 Å². The standard InChI is InChI=1S/C44H44ClF10N7O5S2/c1-21-18-42(48,49)38(33(21)37(56)44(53,54)55)57-19-32(64)59-31(16-24-14-25(46)17-26(47)15-24)35-28(9-8-27(58-35)12-13-41(4,5)69(7)66)29-10-11-30(45)34-36(29)61(20-43(50,51)52)60-39(34)62(68-6)40(65)67-23(3)22(2)63/h8-11,14-15,17,21-23,31,56-57,63H,16,18-20H2,1-7H3,(H,59,64)/t21-,22?,23?,31?,69?/m0/s1. The van der Waals surface area contributed by atoms with Gasteiger partial charge in [0, 0.05) is 35.4 Å². The highest BCUT2D eigenvalue weighted by atomic mass is 35.5. The highest BCUT2D eigenvalue weighted by Crippen LogP contribution is 2.46. The van der Waals surface area contributed by atoms with E-state index in [4.69, 9.17) is 21.7 Å². The van der Waals surface area contributed by atoms with Crippen LogP contribution in [0.2, 0.25) is 5.02 Å². The second-order valence-electron chi connectivity index (χ2n) is 16.5. The number of benzene rings is 2. The average molecular weight is 1040 g/mol. The first-order valence-electron chi connectivity index (χ1n) is 20.5. The molecule has 2 heterocycles. The predicted molar refractivity (Wildman–Crippen MR) is 241 cm³/mol. The predicted octanol–water partition coefficient (Wildman–Crippen LogP) is 9.59. The largest absolute Gasteiger partial charge is 0.615 e. The quantitative estimate of drug-likeness (QED) is 0.0298. The number of anilines is 1. The van der Waals surface area contributed by atoms with Crippen LogP contribution >= 0.6 is 23.5 Å². The zero-order chi connectivity index (χ0) is 51.7. The van der Waals surface area contributed by atoms with Gasteiger partial charge in [0.05, 0.1) is 52.3 Å². The molecule has 0 spiro atoms. The van der Waals surface area contributed by atoms with Gasteiger partial charge in [-0.25, -0.2) is 18.6 Å². The minimum absolute atomic E-state index is 0.103. The molecular weight excluding hydrogens is 996 g/mol. The Hall–Kier alpha value is -5.22. The van der Waals surface area contributed by atoms with E-state index in [0.29, 0.717) is 22.7 Å². The molecule has 1 aliphatic carbocycles. The van der Waals surface area contributed by atoms with Crippen molar-refractivity contribution in [2.45, 2.75) is 95.3 Å². The maximum Gasteiger partial charge on any atom is 0.433 e. The van der Waals surface area contributed by atoms with E-state index in [2.05, 4.69) is 27.2 Å². The molecule has 2 aromatic carbocycles. The topological polar surface area (TPSA) is 169 Å². The van der Waals surface area contributed by atoms with Gasteiger partial charge in [0.1, 0.15) is 35.7 Å². The Morgan fingerprint density at radius 3 is 2.29 bits per heavy atom. The molecule has 374 valence electrons. The Labute approximate surface area is 401 Å². The number of rotatable bonds is 15. The molecule has 2 amide bonds. The number of carbonyl (C=O) groups excluding carboxylic acids is 2. The second-order valence-corrected chi connectivity index (χ2v) is 19.6. The van der Waals surface area contributed by atoms with Crippen LogP contribution in [-0.4, -0.2) is 96.4 Å². The van der Waals surface area contributed by atoms with Crippen molar-refractivity contribution in [1.29, 1.82) is 5.41 Å². The van der Waals surface area contributed by atoms with Gasteiger partial charge in [-0.15, -0.1) is 0 Å². The van der Waals surface area contributed by atoms with Crippen LogP contribution < -0.4 is 14.9 Å². The highest BCUT2D eigenvalue weighted by molar-refractivity contribution is 8.00. The SMILES string of the molecule is CSN(C(=O)OC(C)C(C)O)c1nn(CC(F)(F)F)c2c(-c3ccc(C#CC(C)(C)[S+](C)[O-])nc3C(Cc3cc(F)cc(F)c3)NC(=O)CNC3=C(C(=N)C(F)(F)F)[C@@H](C)CC3(F)F)ccc(Cl)c12. The normalized spacial score (nSPS) is 16.9. The fourth-order valence-corrected chi connectivity index (χ4v) is 8.08. The number of aliphatic hydroxyl groups is 1. The van der Waals surface area contributed by atoms with Gasteiger partial charge in [0.15, 0.2) is 10.6 Å². The van der Waals surface area contributed by atoms with Crippen LogP contribution in [0.15, 0.2) is 53.7 Å². The van der Waals surface area contributed by atoms with Gasteiger partial charge in [-0.05, 0) is 111 Å². The number of ether oxygens (including phenoxy) is 1. The van der Waals surface area contributed by atoms with E-state index >= 15 is 8.78 Å². The minimum Gasteiger partial charge on any atom is -0.615 e. The number of aliphatic hydroxyl groups excluding tert-OH is 1. The Bertz CT molecular complexity index is 2700. The summed E-state index contributed by atoms with van der Waals surface area (Å²) in [5, 5.41) is 25.9. The van der Waals surface area contributed by atoms with Gasteiger partial charge < -0.3 is 25.0 Å². The minimum atomic E-state index is -5.33. The summed E-state index contributed by atoms with van der Waals surface area (Å²) in [5.41, 5.74) is -5.65. The maximum absolute atomic E-state index is 15.2. The Kier molecular flexibility index (Phi) is 16.7. The number of nitrogens with zero attached hydrogens (tertiary/aromatic N) is 4. The van der Waals surface area contributed by atoms with Crippen molar-refractivity contribution in [3.05, 3.63) is 87.3 Å². The van der Waals surface area contributed by atoms with Crippen molar-refractivity contribution in [3.8, 4) is 23.0 Å². The first-order chi connectivity index (χ1) is 31.8. The van der Waals surface area contributed by atoms with Crippen molar-refractivity contribution < 1.29 is 67.9 Å². The average Bonchev–Trinajstić information content (AvgIpc) is 3.69. The highest BCUT2D eigenvalue weighted by Gasteiger charge is 2.51. The summed E-state index contributed by atoms with van der Waals surface area (Å²) in [6.45, 7) is 3.90. The molecule has 0 fully saturated rings. The van der Waals surface area contributed by atoms with Crippen LogP contribution in [0.4, 0.5) is 54.5 Å². The van der Waals surface area contributed by atoms with Gasteiger partial charge in [-0.2, -0.15) is 44.5 Å². The van der Waals surface area contributed by atoms with E-state index in [9.17, 15) is 54.4 Å². The van der Waals surface area contributed by atoms with Gasteiger partial charge in [-0.1, -0.05) is 24.6 Å². The molecule has 5 atom stereocenters. The lowest BCUT2D eigenvalue weighted by molar-refractivity contribution is -0.141. The molecule has 25 heteroatoms. The maximum atomic E-state index is 15.2. The lowest BCUT2D eigenvalue weighted by Crippen LogP contribution is -2.40. The lowest BCUT2D eigenvalue weighted by atomic mass is 9.93. The molecule has 0 aliphatic heterocycles. The van der Waals surface area contributed by atoms with Crippen molar-refractivity contribution >= 4 is 69.2 Å². The van der Waals surface area contributed by atoms with Crippen molar-refractivity contribution in [3.63, 3.8) is 0 Å². The molecule has 0 saturated carbocycles. The van der Waals surface area contributed by atoms with Gasteiger partial charge in [0.2, 0.25) is 5.91 Å². The van der Waals surface area contributed by atoms with E-state index in [1.165, 1.54) is 50.6 Å². The number of halogens is 11. The summed E-state index contributed by atoms with van der Waals surface area (Å²) < 4.78 is 162. The summed E-state index contributed by atoms with van der Waals surface area (Å²) in [6, 6.07) is 5.79. The van der Waals surface area contributed by atoms with Crippen molar-refractivity contribution in [1.82, 2.24) is 25.4 Å². The first-order valence-corrected chi connectivity index (χ1v) is 23.6. The summed E-state index contributed by atoms with van der Waals surface area (Å²) in [4.78, 5) is 32.0. The molecule has 0 radical (unpaired) electrons. The van der Waals surface area contributed by atoms with E-state index in [1.807, 2.05) is 5.32 Å². The third-order valence-corrected chi connectivity index (χ3v) is 13.3. The zero-order valence-electron chi connectivity index (χ0n) is 37.5. The number of nitrogens with one attached hydrogen (secondary N) is 3. The number of hydrogen-bond acceptors (Lipinski definition) is 10. The van der Waals surface area contributed by atoms with Gasteiger partial charge in [0.25, 0.3) is 5.92 Å². The molecule has 12 nitrogen and oxygen atoms in total. The second kappa shape index (κ2) is 21.0. The molecule has 1 aliphatic rings. The van der Waals surface area contributed by atoms with Gasteiger partial charge >= 0.3 is 18.4 Å². The number of pyridine rings is 1. The van der Waals surface area contributed by atoms with Crippen LogP contribution in [0.25, 0.3) is 22.0 Å². The van der Waals surface area contributed by atoms with E-state index in [0.717, 1.165) is 23.4 Å². The van der Waals surface area contributed by atoms with Crippen LogP contribution in [-0.2, 0) is 33.7 Å². The summed E-state index contributed by atoms with van der Waals surface area (Å²) >= 11 is 5.83. The number of fused-ring (bicyclic) bond motifs is 1. The number of hydrogen-bond donors (Lipinski definition) is 4. The first kappa shape index (κ1) is 54.7. The summed E-state index contributed by atoms with van der Waals surface area (Å²) in [6.07, 6.45) is -12.7. The molecule has 0 saturated heterocycles. The molecule has 4 unspecified atom stereocenters. The molecular formula is C44H44ClF10N7O5S2. The number of aromatic nitrogens is 3. The van der Waals surface area contributed by atoms with E-state index in [1.54, 1.807) is 13.8 Å². The van der Waals surface area contributed by atoms with Crippen molar-refractivity contribution in [2.24, 2.45) is 5.92 Å². The molecule has 0 bridgehead atoms.